The summed E-state index contributed by atoms with van der Waals surface area (Å²) in [5.41, 5.74) is 0. The molecular weight excluding hydrogens is 235 g/mol. The summed E-state index contributed by atoms with van der Waals surface area (Å²) in [6.07, 6.45) is 4.85. The molecular formula is C10H20Cl2OSi. The SMILES string of the molecule is ClCCC[Si]1(CCCCl)CCCCO1. The second-order valence-corrected chi connectivity index (χ2v) is 8.98. The maximum atomic E-state index is 6.09. The van der Waals surface area contributed by atoms with Crippen LogP contribution < -0.4 is 0 Å². The molecule has 84 valence electrons. The van der Waals surface area contributed by atoms with E-state index in [1.54, 1.807) is 0 Å². The normalized spacial score (nSPS) is 21.0. The summed E-state index contributed by atoms with van der Waals surface area (Å²) in [5.74, 6) is 1.55. The number of rotatable bonds is 6. The largest absolute Gasteiger partial charge is 0.417 e. The zero-order valence-electron chi connectivity index (χ0n) is 8.74. The van der Waals surface area contributed by atoms with Crippen LogP contribution in [0.15, 0.2) is 0 Å². The van der Waals surface area contributed by atoms with Gasteiger partial charge < -0.3 is 4.43 Å². The molecule has 0 unspecified atom stereocenters. The molecule has 0 atom stereocenters. The van der Waals surface area contributed by atoms with E-state index in [0.29, 0.717) is 0 Å². The lowest BCUT2D eigenvalue weighted by Crippen LogP contribution is -2.41. The summed E-state index contributed by atoms with van der Waals surface area (Å²) >= 11 is 11.5. The van der Waals surface area contributed by atoms with E-state index in [4.69, 9.17) is 27.6 Å². The van der Waals surface area contributed by atoms with Crippen molar-refractivity contribution in [1.29, 1.82) is 0 Å². The Hall–Kier alpha value is 0.757. The third kappa shape index (κ3) is 4.09. The summed E-state index contributed by atoms with van der Waals surface area (Å²) in [4.78, 5) is 0. The molecule has 1 heterocycles. The molecule has 0 saturated carbocycles. The van der Waals surface area contributed by atoms with Gasteiger partial charge in [0.25, 0.3) is 0 Å². The zero-order chi connectivity index (χ0) is 10.3. The van der Waals surface area contributed by atoms with Crippen LogP contribution in [0.3, 0.4) is 0 Å². The van der Waals surface area contributed by atoms with Crippen LogP contribution in [0, 0.1) is 0 Å². The van der Waals surface area contributed by atoms with Crippen molar-refractivity contribution < 1.29 is 4.43 Å². The van der Waals surface area contributed by atoms with Crippen LogP contribution >= 0.6 is 23.2 Å². The molecule has 0 radical (unpaired) electrons. The summed E-state index contributed by atoms with van der Waals surface area (Å²) in [6, 6.07) is 3.82. The average molecular weight is 255 g/mol. The highest BCUT2D eigenvalue weighted by Crippen LogP contribution is 2.31. The topological polar surface area (TPSA) is 9.23 Å². The Morgan fingerprint density at radius 2 is 1.64 bits per heavy atom. The molecule has 0 N–H and O–H groups in total. The first kappa shape index (κ1) is 12.8. The van der Waals surface area contributed by atoms with Crippen molar-refractivity contribution in [2.45, 2.75) is 43.8 Å². The fraction of sp³-hybridized carbons (Fsp3) is 1.00. The van der Waals surface area contributed by atoms with E-state index in [1.807, 2.05) is 0 Å². The van der Waals surface area contributed by atoms with Gasteiger partial charge in [-0.3, -0.25) is 0 Å². The van der Waals surface area contributed by atoms with Crippen LogP contribution in [-0.4, -0.2) is 26.7 Å². The second kappa shape index (κ2) is 7.10. The van der Waals surface area contributed by atoms with Crippen LogP contribution in [0.4, 0.5) is 0 Å². The van der Waals surface area contributed by atoms with Gasteiger partial charge in [-0.25, -0.2) is 0 Å². The lowest BCUT2D eigenvalue weighted by atomic mass is 10.4. The average Bonchev–Trinajstić information content (AvgIpc) is 2.25. The van der Waals surface area contributed by atoms with Crippen molar-refractivity contribution in [3.63, 3.8) is 0 Å². The minimum atomic E-state index is -1.39. The van der Waals surface area contributed by atoms with E-state index in [0.717, 1.165) is 31.2 Å². The smallest absolute Gasteiger partial charge is 0.192 e. The zero-order valence-corrected chi connectivity index (χ0v) is 11.2. The van der Waals surface area contributed by atoms with E-state index in [9.17, 15) is 0 Å². The molecule has 1 nitrogen and oxygen atoms in total. The van der Waals surface area contributed by atoms with Crippen molar-refractivity contribution in [3.8, 4) is 0 Å². The highest BCUT2D eigenvalue weighted by atomic mass is 35.5. The number of halogens is 2. The summed E-state index contributed by atoms with van der Waals surface area (Å²) < 4.78 is 6.09. The lowest BCUT2D eigenvalue weighted by molar-refractivity contribution is 0.264. The van der Waals surface area contributed by atoms with Crippen LogP contribution in [0.1, 0.15) is 25.7 Å². The Morgan fingerprint density at radius 3 is 2.07 bits per heavy atom. The quantitative estimate of drug-likeness (QED) is 0.515. The van der Waals surface area contributed by atoms with Crippen LogP contribution in [-0.2, 0) is 4.43 Å². The first-order chi connectivity index (χ1) is 6.83. The fourth-order valence-electron chi connectivity index (χ4n) is 2.21. The molecule has 1 rings (SSSR count). The first-order valence-corrected chi connectivity index (χ1v) is 9.19. The Balaban J connectivity index is 2.39. The maximum Gasteiger partial charge on any atom is 0.192 e. The molecule has 1 aliphatic heterocycles. The molecule has 0 amide bonds. The number of hydrogen-bond acceptors (Lipinski definition) is 1. The second-order valence-electron chi connectivity index (χ2n) is 4.07. The Kier molecular flexibility index (Phi) is 6.50. The van der Waals surface area contributed by atoms with Crippen molar-refractivity contribution in [3.05, 3.63) is 0 Å². The number of alkyl halides is 2. The van der Waals surface area contributed by atoms with Gasteiger partial charge in [-0.1, -0.05) is 6.42 Å². The van der Waals surface area contributed by atoms with E-state index < -0.39 is 8.32 Å². The highest BCUT2D eigenvalue weighted by molar-refractivity contribution is 6.74. The molecule has 14 heavy (non-hydrogen) atoms. The van der Waals surface area contributed by atoms with Gasteiger partial charge >= 0.3 is 0 Å². The molecule has 0 aromatic carbocycles. The molecule has 4 heteroatoms. The van der Waals surface area contributed by atoms with Crippen molar-refractivity contribution in [2.75, 3.05) is 18.4 Å². The number of hydrogen-bond donors (Lipinski definition) is 0. The van der Waals surface area contributed by atoms with Gasteiger partial charge in [0.2, 0.25) is 0 Å². The molecule has 1 saturated heterocycles. The van der Waals surface area contributed by atoms with Gasteiger partial charge in [0.1, 0.15) is 0 Å². The molecule has 0 aromatic heterocycles. The predicted octanol–water partition coefficient (Wildman–Crippen LogP) is 4.00. The monoisotopic (exact) mass is 254 g/mol. The summed E-state index contributed by atoms with van der Waals surface area (Å²) in [6.45, 7) is 0.983. The highest BCUT2D eigenvalue weighted by Gasteiger charge is 2.35. The Labute approximate surface area is 98.2 Å². The van der Waals surface area contributed by atoms with E-state index in [-0.39, 0.29) is 0 Å². The minimum Gasteiger partial charge on any atom is -0.417 e. The van der Waals surface area contributed by atoms with Crippen LogP contribution in [0.5, 0.6) is 0 Å². The van der Waals surface area contributed by atoms with Crippen LogP contribution in [0.2, 0.25) is 18.1 Å². The van der Waals surface area contributed by atoms with Gasteiger partial charge in [-0.05, 0) is 37.4 Å². The van der Waals surface area contributed by atoms with E-state index in [2.05, 4.69) is 0 Å². The summed E-state index contributed by atoms with van der Waals surface area (Å²) in [7, 11) is -1.39. The van der Waals surface area contributed by atoms with Gasteiger partial charge in [-0.2, -0.15) is 0 Å². The Morgan fingerprint density at radius 1 is 1.00 bits per heavy atom. The first-order valence-electron chi connectivity index (χ1n) is 5.59. The standard InChI is InChI=1S/C10H20Cl2OSi/c11-5-3-9-14(10-4-6-12)8-2-1-7-13-14/h1-10H2. The third-order valence-electron chi connectivity index (χ3n) is 2.97. The van der Waals surface area contributed by atoms with Crippen molar-refractivity contribution >= 4 is 31.5 Å². The van der Waals surface area contributed by atoms with Gasteiger partial charge in [-0.15, -0.1) is 23.2 Å². The lowest BCUT2D eigenvalue weighted by Gasteiger charge is -2.35. The van der Waals surface area contributed by atoms with Crippen molar-refractivity contribution in [2.24, 2.45) is 0 Å². The molecule has 0 aromatic rings. The predicted molar refractivity (Wildman–Crippen MR) is 66.0 cm³/mol. The van der Waals surface area contributed by atoms with Gasteiger partial charge in [0.05, 0.1) is 0 Å². The van der Waals surface area contributed by atoms with E-state index >= 15 is 0 Å². The summed E-state index contributed by atoms with van der Waals surface area (Å²) in [5, 5.41) is 0. The van der Waals surface area contributed by atoms with E-state index in [1.165, 1.54) is 31.0 Å². The molecule has 1 fully saturated rings. The maximum absolute atomic E-state index is 6.09. The fourth-order valence-corrected chi connectivity index (χ4v) is 7.22. The molecule has 1 aliphatic rings. The molecule has 0 aliphatic carbocycles. The third-order valence-corrected chi connectivity index (χ3v) is 8.11. The molecule has 0 bridgehead atoms. The molecule has 0 spiro atoms. The minimum absolute atomic E-state index is 0.777. The van der Waals surface area contributed by atoms with Gasteiger partial charge in [0.15, 0.2) is 8.32 Å². The van der Waals surface area contributed by atoms with Crippen molar-refractivity contribution in [1.82, 2.24) is 0 Å². The Bertz CT molecular complexity index is 139. The van der Waals surface area contributed by atoms with Gasteiger partial charge in [0, 0.05) is 18.4 Å². The van der Waals surface area contributed by atoms with Crippen LogP contribution in [0.25, 0.3) is 0 Å².